The number of halogens is 1. The molecule has 2 atom stereocenters. The Kier molecular flexibility index (Phi) is 5.09. The van der Waals surface area contributed by atoms with Gasteiger partial charge in [-0.2, -0.15) is 0 Å². The third kappa shape index (κ3) is 3.16. The van der Waals surface area contributed by atoms with Gasteiger partial charge in [-0.05, 0) is 31.2 Å². The third-order valence-electron chi connectivity index (χ3n) is 3.51. The van der Waals surface area contributed by atoms with Crippen molar-refractivity contribution >= 4 is 5.78 Å². The zero-order valence-electron chi connectivity index (χ0n) is 11.8. The second-order valence-electron chi connectivity index (χ2n) is 4.92. The van der Waals surface area contributed by atoms with E-state index in [0.717, 1.165) is 13.0 Å². The van der Waals surface area contributed by atoms with Crippen molar-refractivity contribution < 1.29 is 18.7 Å². The number of carbonyl (C=O) groups excluding carboxylic acids is 1. The molecule has 1 N–H and O–H groups in total. The van der Waals surface area contributed by atoms with Gasteiger partial charge in [0.1, 0.15) is 0 Å². The number of ether oxygens (including phenoxy) is 2. The van der Waals surface area contributed by atoms with E-state index in [1.165, 1.54) is 19.2 Å². The van der Waals surface area contributed by atoms with Gasteiger partial charge in [0.25, 0.3) is 0 Å². The van der Waals surface area contributed by atoms with Gasteiger partial charge in [-0.15, -0.1) is 0 Å². The Morgan fingerprint density at radius 3 is 2.95 bits per heavy atom. The van der Waals surface area contributed by atoms with E-state index in [9.17, 15) is 9.18 Å². The monoisotopic (exact) mass is 281 g/mol. The van der Waals surface area contributed by atoms with Crippen molar-refractivity contribution in [1.29, 1.82) is 0 Å². The van der Waals surface area contributed by atoms with Gasteiger partial charge < -0.3 is 14.8 Å². The zero-order chi connectivity index (χ0) is 14.5. The molecule has 5 heteroatoms. The van der Waals surface area contributed by atoms with E-state index in [-0.39, 0.29) is 23.5 Å². The normalized spacial score (nSPS) is 21.9. The first kappa shape index (κ1) is 14.9. The Bertz CT molecular complexity index is 478. The van der Waals surface area contributed by atoms with Crippen LogP contribution in [0.1, 0.15) is 23.7 Å². The fraction of sp³-hybridized carbons (Fsp3) is 0.533. The van der Waals surface area contributed by atoms with Crippen molar-refractivity contribution in [1.82, 2.24) is 5.32 Å². The summed E-state index contributed by atoms with van der Waals surface area (Å²) in [5.74, 6) is -0.716. The summed E-state index contributed by atoms with van der Waals surface area (Å²) in [4.78, 5) is 12.4. The molecule has 110 valence electrons. The minimum Gasteiger partial charge on any atom is -0.494 e. The van der Waals surface area contributed by atoms with Crippen LogP contribution in [0.3, 0.4) is 0 Å². The van der Waals surface area contributed by atoms with Crippen LogP contribution in [0.15, 0.2) is 18.2 Å². The molecule has 2 rings (SSSR count). The first-order valence-electron chi connectivity index (χ1n) is 6.86. The molecule has 0 aromatic heterocycles. The van der Waals surface area contributed by atoms with Crippen LogP contribution in [0.5, 0.6) is 5.75 Å². The lowest BCUT2D eigenvalue weighted by Crippen LogP contribution is -2.39. The van der Waals surface area contributed by atoms with Gasteiger partial charge in [0.15, 0.2) is 17.3 Å². The average molecular weight is 281 g/mol. The van der Waals surface area contributed by atoms with Gasteiger partial charge in [-0.1, -0.05) is 6.92 Å². The van der Waals surface area contributed by atoms with Gasteiger partial charge in [0, 0.05) is 11.6 Å². The molecule has 2 unspecified atom stereocenters. The zero-order valence-corrected chi connectivity index (χ0v) is 11.8. The first-order chi connectivity index (χ1) is 9.67. The predicted octanol–water partition coefficient (Wildman–Crippen LogP) is 2.03. The van der Waals surface area contributed by atoms with E-state index >= 15 is 0 Å². The van der Waals surface area contributed by atoms with Crippen LogP contribution < -0.4 is 10.1 Å². The summed E-state index contributed by atoms with van der Waals surface area (Å²) < 4.78 is 23.9. The number of methoxy groups -OCH3 is 1. The van der Waals surface area contributed by atoms with Gasteiger partial charge in [0.05, 0.1) is 26.2 Å². The highest BCUT2D eigenvalue weighted by atomic mass is 19.1. The molecule has 0 bridgehead atoms. The molecule has 1 fully saturated rings. The lowest BCUT2D eigenvalue weighted by molar-refractivity contribution is 0.0891. The number of ketones is 1. The highest BCUT2D eigenvalue weighted by Crippen LogP contribution is 2.23. The molecule has 20 heavy (non-hydrogen) atoms. The Labute approximate surface area is 118 Å². The molecular formula is C15H20FNO3. The van der Waals surface area contributed by atoms with E-state index in [2.05, 4.69) is 12.2 Å². The number of nitrogens with one attached hydrogen (secondary N) is 1. The Balaban J connectivity index is 2.11. The topological polar surface area (TPSA) is 47.6 Å². The molecule has 4 nitrogen and oxygen atoms in total. The van der Waals surface area contributed by atoms with Crippen molar-refractivity contribution in [2.45, 2.75) is 19.4 Å². The first-order valence-corrected chi connectivity index (χ1v) is 6.86. The van der Waals surface area contributed by atoms with Crippen molar-refractivity contribution in [3.63, 3.8) is 0 Å². The number of hydrogen-bond donors (Lipinski definition) is 1. The molecule has 0 amide bonds. The maximum absolute atomic E-state index is 13.7. The largest absolute Gasteiger partial charge is 0.494 e. The van der Waals surface area contributed by atoms with Crippen LogP contribution in [0.4, 0.5) is 4.39 Å². The Hall–Kier alpha value is -1.46. The maximum Gasteiger partial charge on any atom is 0.170 e. The standard InChI is InChI=1S/C15H20FNO3/c1-3-6-17-13-9-20-8-11(13)15(18)10-4-5-14(19-2)12(16)7-10/h4-5,7,11,13,17H,3,6,8-9H2,1-2H3. The summed E-state index contributed by atoms with van der Waals surface area (Å²) in [6.07, 6.45) is 0.995. The lowest BCUT2D eigenvalue weighted by Gasteiger charge is -2.18. The van der Waals surface area contributed by atoms with Gasteiger partial charge in [0.2, 0.25) is 0 Å². The van der Waals surface area contributed by atoms with E-state index < -0.39 is 5.82 Å². The summed E-state index contributed by atoms with van der Waals surface area (Å²) in [7, 11) is 1.40. The van der Waals surface area contributed by atoms with Gasteiger partial charge in [-0.25, -0.2) is 4.39 Å². The molecule has 1 heterocycles. The lowest BCUT2D eigenvalue weighted by atomic mass is 9.93. The smallest absolute Gasteiger partial charge is 0.170 e. The van der Waals surface area contributed by atoms with Crippen LogP contribution in [-0.4, -0.2) is 38.7 Å². The molecule has 0 saturated carbocycles. The van der Waals surface area contributed by atoms with Crippen LogP contribution in [0.2, 0.25) is 0 Å². The van der Waals surface area contributed by atoms with E-state index in [1.807, 2.05) is 0 Å². The second-order valence-corrected chi connectivity index (χ2v) is 4.92. The highest BCUT2D eigenvalue weighted by Gasteiger charge is 2.34. The van der Waals surface area contributed by atoms with Crippen LogP contribution in [0.25, 0.3) is 0 Å². The van der Waals surface area contributed by atoms with E-state index in [1.54, 1.807) is 6.07 Å². The molecular weight excluding hydrogens is 261 g/mol. The minimum atomic E-state index is -0.518. The molecule has 1 aliphatic heterocycles. The SMILES string of the molecule is CCCNC1COCC1C(=O)c1ccc(OC)c(F)c1. The number of Topliss-reactive ketones (excluding diaryl/α,β-unsaturated/α-hetero) is 1. The summed E-state index contributed by atoms with van der Waals surface area (Å²) in [5.41, 5.74) is 0.363. The second kappa shape index (κ2) is 6.81. The highest BCUT2D eigenvalue weighted by molar-refractivity contribution is 5.98. The fourth-order valence-corrected chi connectivity index (χ4v) is 2.38. The number of rotatable bonds is 6. The number of benzene rings is 1. The molecule has 1 aliphatic rings. The molecule has 1 aromatic rings. The molecule has 0 radical (unpaired) electrons. The quantitative estimate of drug-likeness (QED) is 0.811. The van der Waals surface area contributed by atoms with Gasteiger partial charge in [-0.3, -0.25) is 4.79 Å². The number of carbonyl (C=O) groups is 1. The minimum absolute atomic E-state index is 0.00705. The summed E-state index contributed by atoms with van der Waals surface area (Å²) in [6.45, 7) is 3.82. The van der Waals surface area contributed by atoms with Crippen molar-refractivity contribution in [2.24, 2.45) is 5.92 Å². The van der Waals surface area contributed by atoms with Crippen LogP contribution in [0, 0.1) is 11.7 Å². The summed E-state index contributed by atoms with van der Waals surface area (Å²) >= 11 is 0. The Morgan fingerprint density at radius 1 is 1.50 bits per heavy atom. The van der Waals surface area contributed by atoms with Crippen molar-refractivity contribution in [3.05, 3.63) is 29.6 Å². The summed E-state index contributed by atoms with van der Waals surface area (Å²) in [6, 6.07) is 4.32. The third-order valence-corrected chi connectivity index (χ3v) is 3.51. The van der Waals surface area contributed by atoms with Gasteiger partial charge >= 0.3 is 0 Å². The molecule has 1 aromatic carbocycles. The fourth-order valence-electron chi connectivity index (χ4n) is 2.38. The average Bonchev–Trinajstić information content (AvgIpc) is 2.92. The van der Waals surface area contributed by atoms with Crippen molar-refractivity contribution in [2.75, 3.05) is 26.9 Å². The predicted molar refractivity (Wildman–Crippen MR) is 73.7 cm³/mol. The summed E-state index contributed by atoms with van der Waals surface area (Å²) in [5, 5.41) is 3.30. The maximum atomic E-state index is 13.7. The van der Waals surface area contributed by atoms with Crippen LogP contribution >= 0.6 is 0 Å². The number of hydrogen-bond acceptors (Lipinski definition) is 4. The van der Waals surface area contributed by atoms with E-state index in [0.29, 0.717) is 18.8 Å². The Morgan fingerprint density at radius 2 is 2.30 bits per heavy atom. The molecule has 0 spiro atoms. The molecule has 0 aliphatic carbocycles. The molecule has 1 saturated heterocycles. The van der Waals surface area contributed by atoms with E-state index in [4.69, 9.17) is 9.47 Å². The van der Waals surface area contributed by atoms with Crippen LogP contribution in [-0.2, 0) is 4.74 Å². The van der Waals surface area contributed by atoms with Crippen molar-refractivity contribution in [3.8, 4) is 5.75 Å².